The van der Waals surface area contributed by atoms with Crippen LogP contribution in [0, 0.1) is 0 Å². The van der Waals surface area contributed by atoms with E-state index in [0.717, 1.165) is 12.8 Å². The Kier molecular flexibility index (Phi) is 7.09. The fourth-order valence-corrected chi connectivity index (χ4v) is 4.87. The second-order valence-electron chi connectivity index (χ2n) is 4.38. The SMILES string of the molecule is CCC(CC)N(CCCl)S(=O)(=O)c1cc(Cl)cc(Cl)c1. The fourth-order valence-electron chi connectivity index (χ4n) is 2.09. The summed E-state index contributed by atoms with van der Waals surface area (Å²) in [6, 6.07) is 4.24. The van der Waals surface area contributed by atoms with Gasteiger partial charge in [0.25, 0.3) is 0 Å². The van der Waals surface area contributed by atoms with E-state index in [-0.39, 0.29) is 23.4 Å². The van der Waals surface area contributed by atoms with Crippen LogP contribution in [0.15, 0.2) is 23.1 Å². The van der Waals surface area contributed by atoms with Crippen LogP contribution in [0.4, 0.5) is 0 Å². The molecule has 0 bridgehead atoms. The van der Waals surface area contributed by atoms with E-state index in [0.29, 0.717) is 10.0 Å². The molecule has 0 heterocycles. The van der Waals surface area contributed by atoms with Gasteiger partial charge >= 0.3 is 0 Å². The Hall–Kier alpha value is -0.000000000000000111. The fraction of sp³-hybridized carbons (Fsp3) is 0.538. The molecule has 0 saturated carbocycles. The van der Waals surface area contributed by atoms with Gasteiger partial charge in [-0.2, -0.15) is 4.31 Å². The van der Waals surface area contributed by atoms with Gasteiger partial charge in [-0.15, -0.1) is 11.6 Å². The number of sulfonamides is 1. The van der Waals surface area contributed by atoms with Gasteiger partial charge in [0.1, 0.15) is 0 Å². The van der Waals surface area contributed by atoms with Crippen molar-refractivity contribution in [3.63, 3.8) is 0 Å². The average molecular weight is 359 g/mol. The van der Waals surface area contributed by atoms with E-state index in [2.05, 4.69) is 0 Å². The predicted molar refractivity (Wildman–Crippen MR) is 85.4 cm³/mol. The molecular weight excluding hydrogens is 341 g/mol. The molecular formula is C13H18Cl3NO2S. The number of nitrogens with zero attached hydrogens (tertiary/aromatic N) is 1. The molecule has 0 saturated heterocycles. The van der Waals surface area contributed by atoms with E-state index in [1.807, 2.05) is 13.8 Å². The Balaban J connectivity index is 3.28. The van der Waals surface area contributed by atoms with E-state index in [1.165, 1.54) is 22.5 Å². The number of hydrogen-bond acceptors (Lipinski definition) is 2. The highest BCUT2D eigenvalue weighted by Gasteiger charge is 2.29. The third-order valence-corrected chi connectivity index (χ3v) is 5.63. The van der Waals surface area contributed by atoms with Crippen LogP contribution in [0.1, 0.15) is 26.7 Å². The van der Waals surface area contributed by atoms with Crippen molar-refractivity contribution in [3.8, 4) is 0 Å². The zero-order valence-corrected chi connectivity index (χ0v) is 14.5. The van der Waals surface area contributed by atoms with Crippen LogP contribution in [0.25, 0.3) is 0 Å². The lowest BCUT2D eigenvalue weighted by molar-refractivity contribution is 0.316. The van der Waals surface area contributed by atoms with Gasteiger partial charge < -0.3 is 0 Å². The molecule has 0 spiro atoms. The number of benzene rings is 1. The molecule has 1 aromatic carbocycles. The number of hydrogen-bond donors (Lipinski definition) is 0. The van der Waals surface area contributed by atoms with Crippen molar-refractivity contribution in [2.75, 3.05) is 12.4 Å². The summed E-state index contributed by atoms with van der Waals surface area (Å²) in [6.07, 6.45) is 1.45. The number of rotatable bonds is 7. The van der Waals surface area contributed by atoms with E-state index in [9.17, 15) is 8.42 Å². The molecule has 20 heavy (non-hydrogen) atoms. The monoisotopic (exact) mass is 357 g/mol. The zero-order chi connectivity index (χ0) is 15.3. The van der Waals surface area contributed by atoms with E-state index in [4.69, 9.17) is 34.8 Å². The lowest BCUT2D eigenvalue weighted by Crippen LogP contribution is -2.41. The summed E-state index contributed by atoms with van der Waals surface area (Å²) in [5.41, 5.74) is 0. The summed E-state index contributed by atoms with van der Waals surface area (Å²) >= 11 is 17.5. The summed E-state index contributed by atoms with van der Waals surface area (Å²) < 4.78 is 26.9. The molecule has 114 valence electrons. The summed E-state index contributed by atoms with van der Waals surface area (Å²) in [5, 5.41) is 0.595. The maximum atomic E-state index is 12.7. The molecule has 0 fully saturated rings. The first-order valence-electron chi connectivity index (χ1n) is 6.40. The second kappa shape index (κ2) is 7.85. The maximum Gasteiger partial charge on any atom is 0.243 e. The molecule has 0 aliphatic carbocycles. The molecule has 1 rings (SSSR count). The van der Waals surface area contributed by atoms with Gasteiger partial charge in [-0.1, -0.05) is 37.0 Å². The quantitative estimate of drug-likeness (QED) is 0.677. The maximum absolute atomic E-state index is 12.7. The minimum atomic E-state index is -3.65. The van der Waals surface area contributed by atoms with Crippen molar-refractivity contribution < 1.29 is 8.42 Å². The van der Waals surface area contributed by atoms with Crippen LogP contribution >= 0.6 is 34.8 Å². The van der Waals surface area contributed by atoms with Gasteiger partial charge in [0, 0.05) is 28.5 Å². The molecule has 3 nitrogen and oxygen atoms in total. The van der Waals surface area contributed by atoms with Crippen molar-refractivity contribution in [1.29, 1.82) is 0 Å². The first kappa shape index (κ1) is 18.1. The largest absolute Gasteiger partial charge is 0.243 e. The Morgan fingerprint density at radius 3 is 2.00 bits per heavy atom. The van der Waals surface area contributed by atoms with Gasteiger partial charge in [-0.05, 0) is 31.0 Å². The summed E-state index contributed by atoms with van der Waals surface area (Å²) in [6.45, 7) is 4.17. The summed E-state index contributed by atoms with van der Waals surface area (Å²) in [4.78, 5) is 0.104. The average Bonchev–Trinajstić information content (AvgIpc) is 2.38. The van der Waals surface area contributed by atoms with Crippen LogP contribution in [0.2, 0.25) is 10.0 Å². The van der Waals surface area contributed by atoms with Crippen molar-refractivity contribution in [3.05, 3.63) is 28.2 Å². The third kappa shape index (κ3) is 4.25. The summed E-state index contributed by atoms with van der Waals surface area (Å²) in [5.74, 6) is 0.240. The first-order chi connectivity index (χ1) is 9.36. The Morgan fingerprint density at radius 2 is 1.60 bits per heavy atom. The van der Waals surface area contributed by atoms with Gasteiger partial charge in [0.05, 0.1) is 4.90 Å². The molecule has 0 radical (unpaired) electrons. The molecule has 0 unspecified atom stereocenters. The van der Waals surface area contributed by atoms with Crippen LogP contribution in [-0.2, 0) is 10.0 Å². The van der Waals surface area contributed by atoms with Crippen LogP contribution < -0.4 is 0 Å². The van der Waals surface area contributed by atoms with Crippen molar-refractivity contribution in [1.82, 2.24) is 4.31 Å². The van der Waals surface area contributed by atoms with Gasteiger partial charge in [-0.3, -0.25) is 0 Å². The standard InChI is InChI=1S/C13H18Cl3NO2S/c1-3-12(4-2)17(6-5-14)20(18,19)13-8-10(15)7-11(16)9-13/h7-9,12H,3-6H2,1-2H3. The van der Waals surface area contributed by atoms with Crippen LogP contribution in [0.5, 0.6) is 0 Å². The van der Waals surface area contributed by atoms with Gasteiger partial charge in [-0.25, -0.2) is 8.42 Å². The highest BCUT2D eigenvalue weighted by atomic mass is 35.5. The number of alkyl halides is 1. The minimum absolute atomic E-state index is 0.0866. The lowest BCUT2D eigenvalue weighted by atomic mass is 10.2. The predicted octanol–water partition coefficient (Wildman–Crippen LogP) is 4.41. The first-order valence-corrected chi connectivity index (χ1v) is 9.13. The van der Waals surface area contributed by atoms with Crippen LogP contribution in [-0.4, -0.2) is 31.2 Å². The molecule has 0 amide bonds. The van der Waals surface area contributed by atoms with Crippen molar-refractivity contribution >= 4 is 44.8 Å². The molecule has 0 N–H and O–H groups in total. The molecule has 0 aromatic heterocycles. The Bertz CT molecular complexity index is 524. The highest BCUT2D eigenvalue weighted by Crippen LogP contribution is 2.27. The van der Waals surface area contributed by atoms with Gasteiger partial charge in [0.15, 0.2) is 0 Å². The highest BCUT2D eigenvalue weighted by molar-refractivity contribution is 7.89. The minimum Gasteiger partial charge on any atom is -0.207 e. The second-order valence-corrected chi connectivity index (χ2v) is 7.52. The van der Waals surface area contributed by atoms with Crippen molar-refractivity contribution in [2.45, 2.75) is 37.6 Å². The molecule has 0 aliphatic heterocycles. The zero-order valence-electron chi connectivity index (χ0n) is 11.4. The van der Waals surface area contributed by atoms with E-state index in [1.54, 1.807) is 0 Å². The number of halogens is 3. The third-order valence-electron chi connectivity index (χ3n) is 3.10. The lowest BCUT2D eigenvalue weighted by Gasteiger charge is -2.29. The smallest absolute Gasteiger partial charge is 0.207 e. The molecule has 0 atom stereocenters. The van der Waals surface area contributed by atoms with E-state index < -0.39 is 10.0 Å². The van der Waals surface area contributed by atoms with E-state index >= 15 is 0 Å². The molecule has 0 aliphatic rings. The topological polar surface area (TPSA) is 37.4 Å². The molecule has 1 aromatic rings. The summed E-state index contributed by atoms with van der Waals surface area (Å²) in [7, 11) is -3.65. The Morgan fingerprint density at radius 1 is 1.10 bits per heavy atom. The normalized spacial score (nSPS) is 12.3. The van der Waals surface area contributed by atoms with Crippen molar-refractivity contribution in [2.24, 2.45) is 0 Å². The van der Waals surface area contributed by atoms with Crippen LogP contribution in [0.3, 0.4) is 0 Å². The Labute approximate surface area is 135 Å². The van der Waals surface area contributed by atoms with Gasteiger partial charge in [0.2, 0.25) is 10.0 Å². The molecule has 7 heteroatoms.